The van der Waals surface area contributed by atoms with Crippen LogP contribution >= 0.6 is 0 Å². The molecule has 2 unspecified atom stereocenters. The third kappa shape index (κ3) is 8.01. The van der Waals surface area contributed by atoms with E-state index in [9.17, 15) is 9.59 Å². The molecular formula is C11H21N5O3. The van der Waals surface area contributed by atoms with Crippen molar-refractivity contribution in [3.63, 3.8) is 0 Å². The van der Waals surface area contributed by atoms with Gasteiger partial charge in [0.1, 0.15) is 6.04 Å². The molecule has 19 heavy (non-hydrogen) atoms. The Hall–Kier alpha value is -1.79. The van der Waals surface area contributed by atoms with Gasteiger partial charge in [-0.05, 0) is 37.8 Å². The minimum atomic E-state index is -1.07. The van der Waals surface area contributed by atoms with Gasteiger partial charge in [0.05, 0.1) is 0 Å². The number of nitrogens with one attached hydrogen (secondary N) is 1. The molecule has 8 nitrogen and oxygen atoms in total. The molecule has 8 heteroatoms. The number of carboxylic acid groups (broad SMARTS) is 1. The van der Waals surface area contributed by atoms with Gasteiger partial charge in [0, 0.05) is 17.4 Å². The van der Waals surface area contributed by atoms with Crippen molar-refractivity contribution in [3.8, 4) is 0 Å². The van der Waals surface area contributed by atoms with Crippen LogP contribution in [0.15, 0.2) is 5.11 Å². The molecule has 4 N–H and O–H groups in total. The van der Waals surface area contributed by atoms with Crippen LogP contribution in [0.2, 0.25) is 0 Å². The molecular weight excluding hydrogens is 250 g/mol. The van der Waals surface area contributed by atoms with Crippen LogP contribution in [0.25, 0.3) is 10.4 Å². The first kappa shape index (κ1) is 17.2. The zero-order valence-corrected chi connectivity index (χ0v) is 11.1. The highest BCUT2D eigenvalue weighted by atomic mass is 16.4. The van der Waals surface area contributed by atoms with Crippen LogP contribution in [0.3, 0.4) is 0 Å². The lowest BCUT2D eigenvalue weighted by Gasteiger charge is -2.15. The molecule has 0 aromatic carbocycles. The zero-order valence-electron chi connectivity index (χ0n) is 11.1. The Morgan fingerprint density at radius 2 is 2.16 bits per heavy atom. The highest BCUT2D eigenvalue weighted by Crippen LogP contribution is 2.06. The van der Waals surface area contributed by atoms with Crippen LogP contribution in [0.1, 0.15) is 39.0 Å². The lowest BCUT2D eigenvalue weighted by Crippen LogP contribution is -2.41. The van der Waals surface area contributed by atoms with Crippen molar-refractivity contribution in [2.75, 3.05) is 6.54 Å². The standard InChI is InChI=1S/C11H21N5O3/c1-2-8(15-16-13)7-10(17)14-9(11(18)19)5-3-4-6-12/h8-9H,2-7,12H2,1H3,(H,14,17)(H,18,19). The summed E-state index contributed by atoms with van der Waals surface area (Å²) < 4.78 is 0. The zero-order chi connectivity index (χ0) is 14.7. The third-order valence-corrected chi connectivity index (χ3v) is 2.69. The molecule has 0 saturated heterocycles. The van der Waals surface area contributed by atoms with E-state index in [1.807, 2.05) is 0 Å². The fourth-order valence-electron chi connectivity index (χ4n) is 1.56. The summed E-state index contributed by atoms with van der Waals surface area (Å²) in [6.07, 6.45) is 2.23. The molecule has 2 atom stereocenters. The molecule has 0 rings (SSSR count). The number of unbranched alkanes of at least 4 members (excludes halogenated alkanes) is 1. The number of carbonyl (C=O) groups is 2. The molecule has 108 valence electrons. The number of amides is 1. The SMILES string of the molecule is CCC(CC(=O)NC(CCCCN)C(=O)O)N=[N+]=[N-]. The highest BCUT2D eigenvalue weighted by molar-refractivity contribution is 5.83. The molecule has 0 bridgehead atoms. The Bertz CT molecular complexity index is 341. The summed E-state index contributed by atoms with van der Waals surface area (Å²) in [5.41, 5.74) is 13.6. The lowest BCUT2D eigenvalue weighted by molar-refractivity contribution is -0.142. The molecule has 0 aliphatic heterocycles. The molecule has 0 aliphatic carbocycles. The monoisotopic (exact) mass is 271 g/mol. The van der Waals surface area contributed by atoms with Crippen LogP contribution in [-0.2, 0) is 9.59 Å². The van der Waals surface area contributed by atoms with Gasteiger partial charge in [0.25, 0.3) is 0 Å². The van der Waals surface area contributed by atoms with Gasteiger partial charge in [-0.2, -0.15) is 0 Å². The maximum Gasteiger partial charge on any atom is 0.326 e. The van der Waals surface area contributed by atoms with Crippen molar-refractivity contribution in [2.24, 2.45) is 10.8 Å². The Morgan fingerprint density at radius 3 is 2.63 bits per heavy atom. The summed E-state index contributed by atoms with van der Waals surface area (Å²) in [6, 6.07) is -1.36. The number of nitrogens with zero attached hydrogens (tertiary/aromatic N) is 3. The van der Waals surface area contributed by atoms with E-state index in [0.717, 1.165) is 6.42 Å². The topological polar surface area (TPSA) is 141 Å². The summed E-state index contributed by atoms with van der Waals surface area (Å²) in [7, 11) is 0. The Balaban J connectivity index is 4.30. The molecule has 0 saturated carbocycles. The first-order valence-electron chi connectivity index (χ1n) is 6.31. The maximum atomic E-state index is 11.7. The van der Waals surface area contributed by atoms with Crippen LogP contribution in [0, 0.1) is 0 Å². The van der Waals surface area contributed by atoms with Gasteiger partial charge in [0.2, 0.25) is 5.91 Å². The van der Waals surface area contributed by atoms with Crippen molar-refractivity contribution in [3.05, 3.63) is 10.4 Å². The number of aliphatic carboxylic acids is 1. The van der Waals surface area contributed by atoms with Crippen LogP contribution < -0.4 is 11.1 Å². The van der Waals surface area contributed by atoms with Crippen molar-refractivity contribution in [2.45, 2.75) is 51.1 Å². The predicted molar refractivity (Wildman–Crippen MR) is 70.3 cm³/mol. The Kier molecular flexibility index (Phi) is 9.20. The summed E-state index contributed by atoms with van der Waals surface area (Å²) in [5, 5.41) is 14.9. The van der Waals surface area contributed by atoms with Gasteiger partial charge in [-0.3, -0.25) is 4.79 Å². The van der Waals surface area contributed by atoms with Crippen molar-refractivity contribution in [1.29, 1.82) is 0 Å². The van der Waals surface area contributed by atoms with Gasteiger partial charge in [0.15, 0.2) is 0 Å². The van der Waals surface area contributed by atoms with Gasteiger partial charge < -0.3 is 16.2 Å². The normalized spacial score (nSPS) is 13.2. The summed E-state index contributed by atoms with van der Waals surface area (Å²) in [6.45, 7) is 2.29. The number of hydrogen-bond donors (Lipinski definition) is 3. The number of nitrogens with two attached hydrogens (primary N) is 1. The van der Waals surface area contributed by atoms with E-state index in [2.05, 4.69) is 15.3 Å². The summed E-state index contributed by atoms with van der Waals surface area (Å²) in [5.74, 6) is -1.48. The van der Waals surface area contributed by atoms with E-state index in [0.29, 0.717) is 25.8 Å². The second kappa shape index (κ2) is 10.2. The van der Waals surface area contributed by atoms with E-state index >= 15 is 0 Å². The lowest BCUT2D eigenvalue weighted by atomic mass is 10.1. The number of azide groups is 1. The molecule has 0 aromatic heterocycles. The fraction of sp³-hybridized carbons (Fsp3) is 0.818. The predicted octanol–water partition coefficient (Wildman–Crippen LogP) is 1.16. The maximum absolute atomic E-state index is 11.7. The number of hydrogen-bond acceptors (Lipinski definition) is 4. The summed E-state index contributed by atoms with van der Waals surface area (Å²) >= 11 is 0. The second-order valence-corrected chi connectivity index (χ2v) is 4.21. The quantitative estimate of drug-likeness (QED) is 0.237. The van der Waals surface area contributed by atoms with E-state index < -0.39 is 24.0 Å². The smallest absolute Gasteiger partial charge is 0.326 e. The van der Waals surface area contributed by atoms with Crippen molar-refractivity contribution >= 4 is 11.9 Å². The van der Waals surface area contributed by atoms with Crippen molar-refractivity contribution in [1.82, 2.24) is 5.32 Å². The first-order chi connectivity index (χ1) is 9.04. The minimum absolute atomic E-state index is 0.00122. The number of carbonyl (C=O) groups excluding carboxylic acids is 1. The third-order valence-electron chi connectivity index (χ3n) is 2.69. The molecule has 1 amide bonds. The largest absolute Gasteiger partial charge is 0.480 e. The van der Waals surface area contributed by atoms with E-state index in [1.165, 1.54) is 0 Å². The molecule has 0 fully saturated rings. The van der Waals surface area contributed by atoms with Gasteiger partial charge in [-0.1, -0.05) is 12.0 Å². The molecule has 0 aromatic rings. The Labute approximate surface area is 112 Å². The second-order valence-electron chi connectivity index (χ2n) is 4.21. The van der Waals surface area contributed by atoms with Crippen LogP contribution in [0.4, 0.5) is 0 Å². The molecule has 0 spiro atoms. The first-order valence-corrected chi connectivity index (χ1v) is 6.31. The minimum Gasteiger partial charge on any atom is -0.480 e. The highest BCUT2D eigenvalue weighted by Gasteiger charge is 2.20. The average Bonchev–Trinajstić information content (AvgIpc) is 2.37. The van der Waals surface area contributed by atoms with E-state index in [4.69, 9.17) is 16.4 Å². The van der Waals surface area contributed by atoms with E-state index in [-0.39, 0.29) is 6.42 Å². The Morgan fingerprint density at radius 1 is 1.47 bits per heavy atom. The van der Waals surface area contributed by atoms with Gasteiger partial charge in [-0.15, -0.1) is 0 Å². The van der Waals surface area contributed by atoms with Crippen LogP contribution in [-0.4, -0.2) is 35.6 Å². The van der Waals surface area contributed by atoms with Gasteiger partial charge >= 0.3 is 5.97 Å². The number of carboxylic acids is 1. The fourth-order valence-corrected chi connectivity index (χ4v) is 1.56. The molecule has 0 aliphatic rings. The molecule has 0 radical (unpaired) electrons. The summed E-state index contributed by atoms with van der Waals surface area (Å²) in [4.78, 5) is 25.3. The van der Waals surface area contributed by atoms with Crippen molar-refractivity contribution < 1.29 is 14.7 Å². The van der Waals surface area contributed by atoms with Crippen LogP contribution in [0.5, 0.6) is 0 Å². The molecule has 0 heterocycles. The average molecular weight is 271 g/mol. The van der Waals surface area contributed by atoms with Gasteiger partial charge in [-0.25, -0.2) is 4.79 Å². The number of rotatable bonds is 10. The van der Waals surface area contributed by atoms with E-state index in [1.54, 1.807) is 6.92 Å².